The summed E-state index contributed by atoms with van der Waals surface area (Å²) in [5.41, 5.74) is 0.868. The standard InChI is InChI=1S/C18H15BrN2O2/c19-10-3-1-9(2-4-10)8-20-21-17(22)15-11-5-6-12(14-7-13(11)14)16(15)18(21)23/h1-6,8,11-16H,7H2/b20-8-/t11-,12-,13-,14+,15+,16-/m1/s1. The van der Waals surface area contributed by atoms with Gasteiger partial charge in [0.15, 0.2) is 0 Å². The van der Waals surface area contributed by atoms with Gasteiger partial charge in [-0.2, -0.15) is 10.1 Å². The van der Waals surface area contributed by atoms with Crippen LogP contribution in [0.25, 0.3) is 0 Å². The van der Waals surface area contributed by atoms with E-state index in [-0.39, 0.29) is 35.5 Å². The van der Waals surface area contributed by atoms with Crippen LogP contribution in [0.15, 0.2) is 46.0 Å². The number of hydrogen-bond donors (Lipinski definition) is 0. The van der Waals surface area contributed by atoms with Crippen molar-refractivity contribution in [3.05, 3.63) is 46.5 Å². The molecule has 1 aromatic rings. The van der Waals surface area contributed by atoms with E-state index in [0.717, 1.165) is 15.0 Å². The number of carbonyl (C=O) groups excluding carboxylic acids is 2. The number of benzene rings is 1. The van der Waals surface area contributed by atoms with Crippen molar-refractivity contribution < 1.29 is 9.59 Å². The lowest BCUT2D eigenvalue weighted by Gasteiger charge is -2.37. The highest BCUT2D eigenvalue weighted by Gasteiger charge is 2.67. The summed E-state index contributed by atoms with van der Waals surface area (Å²) in [4.78, 5) is 25.5. The van der Waals surface area contributed by atoms with Crippen LogP contribution in [-0.4, -0.2) is 23.0 Å². The Kier molecular flexibility index (Phi) is 2.75. The van der Waals surface area contributed by atoms with E-state index in [1.54, 1.807) is 6.21 Å². The molecule has 1 aliphatic heterocycles. The van der Waals surface area contributed by atoms with Crippen molar-refractivity contribution in [3.8, 4) is 0 Å². The van der Waals surface area contributed by atoms with Crippen LogP contribution < -0.4 is 0 Å². The lowest BCUT2D eigenvalue weighted by Crippen LogP contribution is -2.40. The molecular formula is C18H15BrN2O2. The van der Waals surface area contributed by atoms with Crippen LogP contribution >= 0.6 is 15.9 Å². The highest BCUT2D eigenvalue weighted by atomic mass is 79.9. The van der Waals surface area contributed by atoms with E-state index in [0.29, 0.717) is 11.8 Å². The summed E-state index contributed by atoms with van der Waals surface area (Å²) in [6, 6.07) is 7.61. The Labute approximate surface area is 142 Å². The third kappa shape index (κ3) is 1.86. The van der Waals surface area contributed by atoms with Gasteiger partial charge >= 0.3 is 0 Å². The molecule has 0 spiro atoms. The molecule has 5 aliphatic rings. The van der Waals surface area contributed by atoms with Crippen LogP contribution in [0.4, 0.5) is 0 Å². The number of amides is 2. The third-order valence-electron chi connectivity index (χ3n) is 5.83. The number of halogens is 1. The average Bonchev–Trinajstić information content (AvgIpc) is 3.33. The van der Waals surface area contributed by atoms with Gasteiger partial charge in [0.2, 0.25) is 0 Å². The monoisotopic (exact) mass is 370 g/mol. The summed E-state index contributed by atoms with van der Waals surface area (Å²) >= 11 is 3.38. The maximum absolute atomic E-state index is 12.7. The first-order valence-corrected chi connectivity index (χ1v) is 8.80. The predicted octanol–water partition coefficient (Wildman–Crippen LogP) is 2.84. The Morgan fingerprint density at radius 1 is 1.00 bits per heavy atom. The van der Waals surface area contributed by atoms with Gasteiger partial charge in [-0.25, -0.2) is 0 Å². The summed E-state index contributed by atoms with van der Waals surface area (Å²) in [5, 5.41) is 5.33. The van der Waals surface area contributed by atoms with Crippen molar-refractivity contribution in [2.45, 2.75) is 6.42 Å². The molecule has 0 N–H and O–H groups in total. The van der Waals surface area contributed by atoms with Gasteiger partial charge in [0, 0.05) is 4.47 Å². The predicted molar refractivity (Wildman–Crippen MR) is 88.3 cm³/mol. The first kappa shape index (κ1) is 13.7. The van der Waals surface area contributed by atoms with Crippen molar-refractivity contribution in [2.75, 3.05) is 0 Å². The molecule has 1 aromatic carbocycles. The number of hydrazone groups is 1. The van der Waals surface area contributed by atoms with Crippen LogP contribution in [0.1, 0.15) is 12.0 Å². The zero-order valence-electron chi connectivity index (χ0n) is 12.3. The highest BCUT2D eigenvalue weighted by molar-refractivity contribution is 9.10. The minimum Gasteiger partial charge on any atom is -0.272 e. The second-order valence-electron chi connectivity index (χ2n) is 6.94. The van der Waals surface area contributed by atoms with Gasteiger partial charge in [0.25, 0.3) is 11.8 Å². The van der Waals surface area contributed by atoms with Crippen LogP contribution in [0.5, 0.6) is 0 Å². The summed E-state index contributed by atoms with van der Waals surface area (Å²) in [5.74, 6) is 1.17. The van der Waals surface area contributed by atoms with Crippen LogP contribution in [0.3, 0.4) is 0 Å². The molecule has 2 bridgehead atoms. The number of allylic oxidation sites excluding steroid dienone is 2. The normalized spacial score (nSPS) is 40.0. The fourth-order valence-corrected chi connectivity index (χ4v) is 4.99. The second-order valence-corrected chi connectivity index (χ2v) is 7.85. The highest BCUT2D eigenvalue weighted by Crippen LogP contribution is 2.65. The van der Waals surface area contributed by atoms with E-state index in [1.165, 1.54) is 6.42 Å². The first-order chi connectivity index (χ1) is 11.1. The molecule has 116 valence electrons. The summed E-state index contributed by atoms with van der Waals surface area (Å²) < 4.78 is 0.982. The molecule has 4 aliphatic carbocycles. The maximum Gasteiger partial charge on any atom is 0.254 e. The first-order valence-electron chi connectivity index (χ1n) is 8.01. The SMILES string of the molecule is O=C1[C@@H]2[C@@H]3C=C[C@H]([C@H]4C[C@@H]34)[C@@H]2C(=O)N1/N=C\c1ccc(Br)cc1. The molecule has 0 unspecified atom stereocenters. The van der Waals surface area contributed by atoms with Gasteiger partial charge in [0.05, 0.1) is 18.1 Å². The summed E-state index contributed by atoms with van der Waals surface area (Å²) in [7, 11) is 0. The molecule has 23 heavy (non-hydrogen) atoms. The zero-order chi connectivity index (χ0) is 15.7. The second kappa shape index (κ2) is 4.63. The Morgan fingerprint density at radius 3 is 2.13 bits per heavy atom. The zero-order valence-corrected chi connectivity index (χ0v) is 13.9. The fourth-order valence-electron chi connectivity index (χ4n) is 4.73. The Balaban J connectivity index is 1.44. The molecule has 2 saturated carbocycles. The van der Waals surface area contributed by atoms with Crippen LogP contribution in [0.2, 0.25) is 0 Å². The van der Waals surface area contributed by atoms with Crippen LogP contribution in [0, 0.1) is 35.5 Å². The van der Waals surface area contributed by atoms with Crippen LogP contribution in [-0.2, 0) is 9.59 Å². The van der Waals surface area contributed by atoms with E-state index in [1.807, 2.05) is 24.3 Å². The van der Waals surface area contributed by atoms with Crippen molar-refractivity contribution in [3.63, 3.8) is 0 Å². The molecule has 5 heteroatoms. The fraction of sp³-hybridized carbons (Fsp3) is 0.389. The van der Waals surface area contributed by atoms with Gasteiger partial charge in [0.1, 0.15) is 0 Å². The topological polar surface area (TPSA) is 49.7 Å². The quantitative estimate of drug-likeness (QED) is 0.456. The molecule has 0 radical (unpaired) electrons. The van der Waals surface area contributed by atoms with Gasteiger partial charge in [-0.15, -0.1) is 0 Å². The molecule has 6 rings (SSSR count). The summed E-state index contributed by atoms with van der Waals surface area (Å²) in [6.07, 6.45) is 7.12. The maximum atomic E-state index is 12.7. The van der Waals surface area contributed by atoms with E-state index < -0.39 is 0 Å². The molecule has 6 atom stereocenters. The smallest absolute Gasteiger partial charge is 0.254 e. The number of carbonyl (C=O) groups is 2. The van der Waals surface area contributed by atoms with E-state index in [9.17, 15) is 9.59 Å². The van der Waals surface area contributed by atoms with Crippen molar-refractivity contribution in [1.29, 1.82) is 0 Å². The molecule has 1 saturated heterocycles. The number of imide groups is 1. The van der Waals surface area contributed by atoms with Gasteiger partial charge < -0.3 is 0 Å². The van der Waals surface area contributed by atoms with E-state index >= 15 is 0 Å². The van der Waals surface area contributed by atoms with Gasteiger partial charge in [-0.3, -0.25) is 9.59 Å². The minimum absolute atomic E-state index is 0.113. The van der Waals surface area contributed by atoms with Crippen molar-refractivity contribution in [2.24, 2.45) is 40.6 Å². The van der Waals surface area contributed by atoms with Crippen molar-refractivity contribution in [1.82, 2.24) is 5.01 Å². The number of hydrogen-bond acceptors (Lipinski definition) is 3. The third-order valence-corrected chi connectivity index (χ3v) is 6.36. The molecule has 3 fully saturated rings. The number of rotatable bonds is 2. The Hall–Kier alpha value is -1.75. The molecule has 2 amide bonds. The van der Waals surface area contributed by atoms with E-state index in [4.69, 9.17) is 0 Å². The number of nitrogens with zero attached hydrogens (tertiary/aromatic N) is 2. The lowest BCUT2D eigenvalue weighted by molar-refractivity contribution is -0.140. The molecular weight excluding hydrogens is 356 g/mol. The largest absolute Gasteiger partial charge is 0.272 e. The molecule has 4 nitrogen and oxygen atoms in total. The minimum atomic E-state index is -0.177. The Bertz CT molecular complexity index is 734. The van der Waals surface area contributed by atoms with Gasteiger partial charge in [-0.1, -0.05) is 40.2 Å². The molecule has 0 aromatic heterocycles. The Morgan fingerprint density at radius 2 is 1.57 bits per heavy atom. The average molecular weight is 371 g/mol. The van der Waals surface area contributed by atoms with Gasteiger partial charge in [-0.05, 0) is 47.8 Å². The van der Waals surface area contributed by atoms with E-state index in [2.05, 4.69) is 33.2 Å². The molecule has 1 heterocycles. The lowest BCUT2D eigenvalue weighted by atomic mass is 9.63. The van der Waals surface area contributed by atoms with Crippen molar-refractivity contribution >= 4 is 34.0 Å². The summed E-state index contributed by atoms with van der Waals surface area (Å²) in [6.45, 7) is 0.